The van der Waals surface area contributed by atoms with Gasteiger partial charge in [-0.15, -0.1) is 0 Å². The first kappa shape index (κ1) is 19.4. The molecular weight excluding hydrogens is 384 g/mol. The number of nitro groups is 1. The van der Waals surface area contributed by atoms with Gasteiger partial charge in [-0.1, -0.05) is 30.3 Å². The molecule has 0 radical (unpaired) electrons. The summed E-state index contributed by atoms with van der Waals surface area (Å²) in [6.45, 7) is 1.68. The van der Waals surface area contributed by atoms with Crippen LogP contribution in [0.5, 0.6) is 5.75 Å². The molecule has 3 aromatic carbocycles. The molecule has 4 rings (SSSR count). The van der Waals surface area contributed by atoms with Gasteiger partial charge in [-0.05, 0) is 36.8 Å². The number of carbonyl (C=O) groups excluding carboxylic acids is 1. The van der Waals surface area contributed by atoms with E-state index in [2.05, 4.69) is 0 Å². The van der Waals surface area contributed by atoms with E-state index < -0.39 is 4.92 Å². The van der Waals surface area contributed by atoms with Gasteiger partial charge in [-0.25, -0.2) is 0 Å². The molecule has 1 unspecified atom stereocenters. The highest BCUT2D eigenvalue weighted by Crippen LogP contribution is 2.31. The largest absolute Gasteiger partial charge is 0.484 e. The quantitative estimate of drug-likeness (QED) is 0.330. The average molecular weight is 404 g/mol. The third-order valence-corrected chi connectivity index (χ3v) is 5.25. The zero-order chi connectivity index (χ0) is 21.3. The van der Waals surface area contributed by atoms with Crippen molar-refractivity contribution in [1.82, 2.24) is 4.90 Å². The van der Waals surface area contributed by atoms with Crippen molar-refractivity contribution in [1.29, 1.82) is 0 Å². The molecule has 0 spiro atoms. The molecule has 1 amide bonds. The fourth-order valence-electron chi connectivity index (χ4n) is 3.38. The maximum absolute atomic E-state index is 12.6. The molecular formula is C23H20N2O5. The lowest BCUT2D eigenvalue weighted by molar-refractivity contribution is -0.384. The van der Waals surface area contributed by atoms with Gasteiger partial charge in [0.15, 0.2) is 6.61 Å². The van der Waals surface area contributed by atoms with E-state index in [0.29, 0.717) is 11.3 Å². The molecule has 0 saturated heterocycles. The summed E-state index contributed by atoms with van der Waals surface area (Å²) in [5.41, 5.74) is 2.24. The third kappa shape index (κ3) is 3.69. The Balaban J connectivity index is 1.46. The lowest BCUT2D eigenvalue weighted by Gasteiger charge is -2.25. The summed E-state index contributed by atoms with van der Waals surface area (Å²) in [7, 11) is 1.65. The molecule has 0 N–H and O–H groups in total. The van der Waals surface area contributed by atoms with Crippen LogP contribution in [-0.4, -0.2) is 29.4 Å². The van der Waals surface area contributed by atoms with E-state index in [9.17, 15) is 14.9 Å². The Bertz CT molecular complexity index is 1250. The van der Waals surface area contributed by atoms with Gasteiger partial charge in [0.1, 0.15) is 16.9 Å². The van der Waals surface area contributed by atoms with Gasteiger partial charge in [-0.3, -0.25) is 14.9 Å². The zero-order valence-corrected chi connectivity index (χ0v) is 16.6. The van der Waals surface area contributed by atoms with Crippen LogP contribution in [0.15, 0.2) is 71.1 Å². The van der Waals surface area contributed by atoms with Gasteiger partial charge in [0.25, 0.3) is 11.6 Å². The van der Waals surface area contributed by atoms with E-state index >= 15 is 0 Å². The summed E-state index contributed by atoms with van der Waals surface area (Å²) in [6.07, 6.45) is 0. The van der Waals surface area contributed by atoms with Crippen LogP contribution in [0.3, 0.4) is 0 Å². The molecule has 1 atom stereocenters. The minimum absolute atomic E-state index is 0.00269. The second kappa shape index (κ2) is 7.87. The van der Waals surface area contributed by atoms with Crippen LogP contribution in [0.1, 0.15) is 18.5 Å². The number of fused-ring (bicyclic) bond motifs is 3. The molecule has 4 aromatic rings. The van der Waals surface area contributed by atoms with E-state index in [0.717, 1.165) is 21.9 Å². The van der Waals surface area contributed by atoms with Crippen LogP contribution in [0, 0.1) is 10.1 Å². The first-order valence-electron chi connectivity index (χ1n) is 9.48. The standard InChI is InChI=1S/C23H20N2O5/c1-15(16-6-5-7-17(12-16)25(27)28)24(2)23(26)14-29-18-10-11-22-20(13-18)19-8-3-4-9-21(19)30-22/h3-13,15H,14H2,1-2H3. The maximum atomic E-state index is 12.6. The second-order valence-corrected chi connectivity index (χ2v) is 7.08. The molecule has 1 heterocycles. The number of hydrogen-bond donors (Lipinski definition) is 0. The fourth-order valence-corrected chi connectivity index (χ4v) is 3.38. The predicted octanol–water partition coefficient (Wildman–Crippen LogP) is 5.09. The van der Waals surface area contributed by atoms with Crippen molar-refractivity contribution in [3.63, 3.8) is 0 Å². The number of para-hydroxylation sites is 1. The number of likely N-dealkylation sites (N-methyl/N-ethyl adjacent to an activating group) is 1. The highest BCUT2D eigenvalue weighted by molar-refractivity contribution is 6.05. The number of nitro benzene ring substituents is 1. The normalized spacial score (nSPS) is 12.1. The van der Waals surface area contributed by atoms with Crippen LogP contribution in [0.4, 0.5) is 5.69 Å². The summed E-state index contributed by atoms with van der Waals surface area (Å²) < 4.78 is 11.5. The summed E-state index contributed by atoms with van der Waals surface area (Å²) in [5, 5.41) is 12.9. The topological polar surface area (TPSA) is 85.8 Å². The first-order chi connectivity index (χ1) is 14.4. The van der Waals surface area contributed by atoms with E-state index in [-0.39, 0.29) is 24.2 Å². The summed E-state index contributed by atoms with van der Waals surface area (Å²) in [5.74, 6) is 0.338. The van der Waals surface area contributed by atoms with Crippen molar-refractivity contribution < 1.29 is 18.9 Å². The minimum atomic E-state index is -0.448. The Morgan fingerprint density at radius 1 is 1.07 bits per heavy atom. The SMILES string of the molecule is CC(c1cccc([N+](=O)[O-])c1)N(C)C(=O)COc1ccc2oc3ccccc3c2c1. The highest BCUT2D eigenvalue weighted by atomic mass is 16.6. The molecule has 1 aromatic heterocycles. The predicted molar refractivity (Wildman–Crippen MR) is 113 cm³/mol. The Morgan fingerprint density at radius 3 is 2.63 bits per heavy atom. The Labute approximate surface area is 172 Å². The van der Waals surface area contributed by atoms with Gasteiger partial charge in [-0.2, -0.15) is 0 Å². The van der Waals surface area contributed by atoms with Crippen molar-refractivity contribution in [2.75, 3.05) is 13.7 Å². The van der Waals surface area contributed by atoms with Crippen molar-refractivity contribution in [3.05, 3.63) is 82.4 Å². The number of carbonyl (C=O) groups is 1. The average Bonchev–Trinajstić information content (AvgIpc) is 3.14. The van der Waals surface area contributed by atoms with Gasteiger partial charge >= 0.3 is 0 Å². The summed E-state index contributed by atoms with van der Waals surface area (Å²) in [4.78, 5) is 24.7. The van der Waals surface area contributed by atoms with Crippen LogP contribution in [-0.2, 0) is 4.79 Å². The lowest BCUT2D eigenvalue weighted by Crippen LogP contribution is -2.33. The molecule has 7 nitrogen and oxygen atoms in total. The van der Waals surface area contributed by atoms with E-state index in [1.54, 1.807) is 25.2 Å². The van der Waals surface area contributed by atoms with Crippen molar-refractivity contribution in [2.45, 2.75) is 13.0 Å². The molecule has 0 bridgehead atoms. The molecule has 152 valence electrons. The van der Waals surface area contributed by atoms with Crippen LogP contribution in [0.25, 0.3) is 21.9 Å². The first-order valence-corrected chi connectivity index (χ1v) is 9.48. The number of hydrogen-bond acceptors (Lipinski definition) is 5. The molecule has 0 saturated carbocycles. The number of furan rings is 1. The number of ether oxygens (including phenoxy) is 1. The Hall–Kier alpha value is -3.87. The van der Waals surface area contributed by atoms with E-state index in [1.165, 1.54) is 17.0 Å². The number of benzene rings is 3. The molecule has 0 aliphatic carbocycles. The smallest absolute Gasteiger partial charge is 0.269 e. The summed E-state index contributed by atoms with van der Waals surface area (Å²) >= 11 is 0. The van der Waals surface area contributed by atoms with Crippen LogP contribution < -0.4 is 4.74 Å². The minimum Gasteiger partial charge on any atom is -0.484 e. The highest BCUT2D eigenvalue weighted by Gasteiger charge is 2.20. The Morgan fingerprint density at radius 2 is 1.83 bits per heavy atom. The number of non-ortho nitro benzene ring substituents is 1. The van der Waals surface area contributed by atoms with Gasteiger partial charge < -0.3 is 14.1 Å². The molecule has 30 heavy (non-hydrogen) atoms. The maximum Gasteiger partial charge on any atom is 0.269 e. The Kier molecular flexibility index (Phi) is 5.10. The molecule has 0 fully saturated rings. The van der Waals surface area contributed by atoms with Gasteiger partial charge in [0.2, 0.25) is 0 Å². The van der Waals surface area contributed by atoms with E-state index in [1.807, 2.05) is 43.3 Å². The van der Waals surface area contributed by atoms with Crippen molar-refractivity contribution in [2.24, 2.45) is 0 Å². The summed E-state index contributed by atoms with van der Waals surface area (Å²) in [6, 6.07) is 19.1. The van der Waals surface area contributed by atoms with Crippen molar-refractivity contribution >= 4 is 33.5 Å². The molecule has 0 aliphatic rings. The van der Waals surface area contributed by atoms with E-state index in [4.69, 9.17) is 9.15 Å². The van der Waals surface area contributed by atoms with Gasteiger partial charge in [0.05, 0.1) is 11.0 Å². The van der Waals surface area contributed by atoms with Crippen molar-refractivity contribution in [3.8, 4) is 5.75 Å². The lowest BCUT2D eigenvalue weighted by atomic mass is 10.1. The number of amides is 1. The van der Waals surface area contributed by atoms with Gasteiger partial charge in [0, 0.05) is 30.0 Å². The fraction of sp³-hybridized carbons (Fsp3) is 0.174. The second-order valence-electron chi connectivity index (χ2n) is 7.08. The molecule has 0 aliphatic heterocycles. The monoisotopic (exact) mass is 404 g/mol. The van der Waals surface area contributed by atoms with Crippen LogP contribution >= 0.6 is 0 Å². The third-order valence-electron chi connectivity index (χ3n) is 5.25. The number of nitrogens with zero attached hydrogens (tertiary/aromatic N) is 2. The van der Waals surface area contributed by atoms with Crippen LogP contribution in [0.2, 0.25) is 0 Å². The zero-order valence-electron chi connectivity index (χ0n) is 16.6. The number of rotatable bonds is 6. The molecule has 7 heteroatoms.